The minimum atomic E-state index is -0.756. The third kappa shape index (κ3) is 4.56. The molecule has 0 saturated carbocycles. The van der Waals surface area contributed by atoms with Gasteiger partial charge in [0.2, 0.25) is 11.5 Å². The van der Waals surface area contributed by atoms with Gasteiger partial charge in [0.15, 0.2) is 5.82 Å². The summed E-state index contributed by atoms with van der Waals surface area (Å²) >= 11 is 0. The highest BCUT2D eigenvalue weighted by Gasteiger charge is 2.25. The van der Waals surface area contributed by atoms with Gasteiger partial charge in [0.05, 0.1) is 29.9 Å². The molecule has 6 rings (SSSR count). The molecule has 2 N–H and O–H groups in total. The molecule has 5 heterocycles. The lowest BCUT2D eigenvalue weighted by atomic mass is 10.0. The molecule has 1 aromatic carbocycles. The minimum Gasteiger partial charge on any atom is -0.378 e. The van der Waals surface area contributed by atoms with Gasteiger partial charge in [-0.2, -0.15) is 4.98 Å². The average molecular weight is 532 g/mol. The third-order valence-electron chi connectivity index (χ3n) is 7.32. The van der Waals surface area contributed by atoms with Crippen molar-refractivity contribution in [1.82, 2.24) is 25.3 Å². The number of pyridine rings is 2. The van der Waals surface area contributed by atoms with E-state index in [9.17, 15) is 9.18 Å². The number of benzene rings is 1. The molecule has 39 heavy (non-hydrogen) atoms. The van der Waals surface area contributed by atoms with E-state index in [4.69, 9.17) is 16.1 Å². The van der Waals surface area contributed by atoms with Gasteiger partial charge in [0, 0.05) is 50.4 Å². The number of terminal acetylenes is 1. The van der Waals surface area contributed by atoms with Gasteiger partial charge in [-0.05, 0) is 30.8 Å². The van der Waals surface area contributed by atoms with E-state index in [1.165, 1.54) is 24.4 Å². The van der Waals surface area contributed by atoms with E-state index in [-0.39, 0.29) is 27.9 Å². The molecule has 0 spiro atoms. The van der Waals surface area contributed by atoms with Crippen molar-refractivity contribution in [1.29, 1.82) is 0 Å². The largest absolute Gasteiger partial charge is 0.378 e. The number of ether oxygens (including phenoxy) is 1. The molecule has 0 radical (unpaired) electrons. The zero-order valence-electron chi connectivity index (χ0n) is 21.4. The van der Waals surface area contributed by atoms with Crippen LogP contribution in [0, 0.1) is 24.0 Å². The van der Waals surface area contributed by atoms with Crippen LogP contribution in [-0.4, -0.2) is 72.4 Å². The monoisotopic (exact) mass is 531 g/mol. The molecule has 200 valence electrons. The van der Waals surface area contributed by atoms with Gasteiger partial charge in [0.1, 0.15) is 22.8 Å². The third-order valence-corrected chi connectivity index (χ3v) is 7.32. The highest BCUT2D eigenvalue weighted by Crippen LogP contribution is 2.35. The van der Waals surface area contributed by atoms with Crippen LogP contribution in [0.2, 0.25) is 0 Å². The molecule has 3 aromatic heterocycles. The van der Waals surface area contributed by atoms with Crippen molar-refractivity contribution in [2.24, 2.45) is 0 Å². The molecule has 0 unspecified atom stereocenters. The maximum Gasteiger partial charge on any atom is 0.249 e. The lowest BCUT2D eigenvalue weighted by Gasteiger charge is -2.29. The fourth-order valence-corrected chi connectivity index (χ4v) is 5.39. The average Bonchev–Trinajstić information content (AvgIpc) is 3.46. The fraction of sp³-hybridized carbons (Fsp3) is 0.357. The number of aromatic nitrogens is 4. The normalized spacial score (nSPS) is 17.6. The quantitative estimate of drug-likeness (QED) is 0.380. The molecule has 2 aliphatic rings. The number of nitrogens with one attached hydrogen (secondary N) is 2. The number of morpholine rings is 1. The first-order valence-corrected chi connectivity index (χ1v) is 12.9. The molecular weight excluding hydrogens is 504 g/mol. The van der Waals surface area contributed by atoms with Crippen LogP contribution in [0.4, 0.5) is 20.5 Å². The maximum atomic E-state index is 16.5. The number of aromatic amines is 1. The van der Waals surface area contributed by atoms with Gasteiger partial charge in [0.25, 0.3) is 0 Å². The number of hydrogen-bond donors (Lipinski definition) is 2. The second-order valence-corrected chi connectivity index (χ2v) is 9.84. The molecule has 0 bridgehead atoms. The van der Waals surface area contributed by atoms with Crippen LogP contribution in [0.15, 0.2) is 29.2 Å². The summed E-state index contributed by atoms with van der Waals surface area (Å²) in [4.78, 5) is 32.9. The lowest BCUT2D eigenvalue weighted by molar-refractivity contribution is 0.122. The van der Waals surface area contributed by atoms with E-state index in [0.717, 1.165) is 19.4 Å². The Balaban J connectivity index is 1.57. The topological polar surface area (TPSA) is 99.3 Å². The maximum absolute atomic E-state index is 16.5. The van der Waals surface area contributed by atoms with Gasteiger partial charge in [-0.3, -0.25) is 9.78 Å². The van der Waals surface area contributed by atoms with E-state index in [0.29, 0.717) is 61.4 Å². The van der Waals surface area contributed by atoms with Crippen molar-refractivity contribution in [3.63, 3.8) is 0 Å². The standard InChI is InChI=1S/C28H27F2N7O2/c1-3-18-20(29)7-6-16-13-21(38)33-25(22(16)18)26-23(30)24-19(14-32-26)27(36(2)15-17-5-4-8-31-17)35-28(34-24)37-9-11-39-12-10-37/h1,6-7,13-14,17,31H,4-5,8-12,15H2,2H3,(H,33,38)/t17-/m0/s1. The summed E-state index contributed by atoms with van der Waals surface area (Å²) in [5.74, 6) is 1.85. The van der Waals surface area contributed by atoms with Gasteiger partial charge in [-0.1, -0.05) is 12.0 Å². The Hall–Kier alpha value is -4.14. The smallest absolute Gasteiger partial charge is 0.249 e. The first kappa shape index (κ1) is 25.2. The molecule has 4 aromatic rings. The number of halogens is 2. The number of hydrogen-bond acceptors (Lipinski definition) is 8. The summed E-state index contributed by atoms with van der Waals surface area (Å²) in [7, 11) is 1.92. The van der Waals surface area contributed by atoms with Crippen molar-refractivity contribution < 1.29 is 13.5 Å². The summed E-state index contributed by atoms with van der Waals surface area (Å²) in [5.41, 5.74) is -0.698. The minimum absolute atomic E-state index is 0.000875. The summed E-state index contributed by atoms with van der Waals surface area (Å²) in [6, 6.07) is 4.21. The predicted molar refractivity (Wildman–Crippen MR) is 146 cm³/mol. The number of rotatable bonds is 5. The second-order valence-electron chi connectivity index (χ2n) is 9.84. The SMILES string of the molecule is C#Cc1c(F)ccc2cc(=O)[nH]c(-c3ncc4c(N(C)C[C@@H]5CCCN5)nc(N5CCOCC5)nc4c3F)c12. The van der Waals surface area contributed by atoms with Crippen molar-refractivity contribution in [3.8, 4) is 23.7 Å². The molecule has 0 aliphatic carbocycles. The van der Waals surface area contributed by atoms with Gasteiger partial charge >= 0.3 is 0 Å². The number of likely N-dealkylation sites (N-methyl/N-ethyl adjacent to an activating group) is 1. The Morgan fingerprint density at radius 1 is 1.26 bits per heavy atom. The van der Waals surface area contributed by atoms with Crippen molar-refractivity contribution in [2.75, 3.05) is 56.2 Å². The van der Waals surface area contributed by atoms with Crippen molar-refractivity contribution >= 4 is 33.4 Å². The van der Waals surface area contributed by atoms with Crippen molar-refractivity contribution in [2.45, 2.75) is 18.9 Å². The Morgan fingerprint density at radius 3 is 2.82 bits per heavy atom. The van der Waals surface area contributed by atoms with Crippen LogP contribution < -0.4 is 20.7 Å². The summed E-state index contributed by atoms with van der Waals surface area (Å²) < 4.78 is 36.6. The van der Waals surface area contributed by atoms with E-state index >= 15 is 4.39 Å². The highest BCUT2D eigenvalue weighted by atomic mass is 19.1. The molecule has 11 heteroatoms. The Morgan fingerprint density at radius 2 is 2.08 bits per heavy atom. The molecule has 0 amide bonds. The Bertz CT molecular complexity index is 1670. The predicted octanol–water partition coefficient (Wildman–Crippen LogP) is 2.82. The van der Waals surface area contributed by atoms with E-state index < -0.39 is 17.2 Å². The summed E-state index contributed by atoms with van der Waals surface area (Å²) in [5, 5.41) is 4.49. The Kier molecular flexibility index (Phi) is 6.58. The Labute approximate surface area is 223 Å². The molecule has 2 saturated heterocycles. The van der Waals surface area contributed by atoms with Gasteiger partial charge in [-0.25, -0.2) is 13.8 Å². The number of H-pyrrole nitrogens is 1. The molecule has 2 fully saturated rings. The van der Waals surface area contributed by atoms with Crippen LogP contribution in [-0.2, 0) is 4.74 Å². The van der Waals surface area contributed by atoms with E-state index in [1.54, 1.807) is 0 Å². The van der Waals surface area contributed by atoms with Crippen LogP contribution in [0.25, 0.3) is 33.1 Å². The van der Waals surface area contributed by atoms with Crippen LogP contribution in [0.3, 0.4) is 0 Å². The second kappa shape index (κ2) is 10.2. The summed E-state index contributed by atoms with van der Waals surface area (Å²) in [6.07, 6.45) is 9.25. The van der Waals surface area contributed by atoms with Crippen LogP contribution >= 0.6 is 0 Å². The number of anilines is 2. The van der Waals surface area contributed by atoms with Gasteiger partial charge < -0.3 is 24.8 Å². The van der Waals surface area contributed by atoms with Crippen LogP contribution in [0.5, 0.6) is 0 Å². The molecule has 9 nitrogen and oxygen atoms in total. The molecule has 2 aliphatic heterocycles. The summed E-state index contributed by atoms with van der Waals surface area (Å²) in [6.45, 7) is 3.81. The van der Waals surface area contributed by atoms with Crippen molar-refractivity contribution in [3.05, 3.63) is 51.9 Å². The highest BCUT2D eigenvalue weighted by molar-refractivity contribution is 6.00. The molecular formula is C28H27F2N7O2. The zero-order valence-corrected chi connectivity index (χ0v) is 21.4. The first-order valence-electron chi connectivity index (χ1n) is 12.9. The zero-order chi connectivity index (χ0) is 27.1. The van der Waals surface area contributed by atoms with Gasteiger partial charge in [-0.15, -0.1) is 6.42 Å². The van der Waals surface area contributed by atoms with E-state index in [1.807, 2.05) is 16.8 Å². The number of fused-ring (bicyclic) bond motifs is 2. The number of nitrogens with zero attached hydrogens (tertiary/aromatic N) is 5. The molecule has 1 atom stereocenters. The van der Waals surface area contributed by atoms with E-state index in [2.05, 4.69) is 26.2 Å². The fourth-order valence-electron chi connectivity index (χ4n) is 5.39. The first-order chi connectivity index (χ1) is 18.9. The van der Waals surface area contributed by atoms with Crippen LogP contribution in [0.1, 0.15) is 18.4 Å². The lowest BCUT2D eigenvalue weighted by Crippen LogP contribution is -2.38.